The average Bonchev–Trinajstić information content (AvgIpc) is 3.03. The highest BCUT2D eigenvalue weighted by atomic mass is 32.2. The minimum Gasteiger partial charge on any atom is -0.299 e. The molecule has 0 amide bonds. The van der Waals surface area contributed by atoms with Crippen LogP contribution in [0, 0.1) is 0 Å². The van der Waals surface area contributed by atoms with Crippen molar-refractivity contribution in [3.05, 3.63) is 42.1 Å². The second kappa shape index (κ2) is 7.04. The van der Waals surface area contributed by atoms with Crippen molar-refractivity contribution < 1.29 is 8.42 Å². The zero-order valence-corrected chi connectivity index (χ0v) is 15.0. The first-order valence-corrected chi connectivity index (χ1v) is 10.0. The molecule has 0 atom stereocenters. The van der Waals surface area contributed by atoms with Gasteiger partial charge < -0.3 is 0 Å². The van der Waals surface area contributed by atoms with Crippen molar-refractivity contribution in [2.45, 2.75) is 25.4 Å². The van der Waals surface area contributed by atoms with E-state index in [1.54, 1.807) is 4.31 Å². The van der Waals surface area contributed by atoms with Gasteiger partial charge in [0.25, 0.3) is 0 Å². The van der Waals surface area contributed by atoms with Crippen LogP contribution in [0.15, 0.2) is 36.5 Å². The Labute approximate surface area is 143 Å². The van der Waals surface area contributed by atoms with E-state index in [0.29, 0.717) is 19.1 Å². The van der Waals surface area contributed by atoms with Crippen LogP contribution < -0.4 is 0 Å². The van der Waals surface area contributed by atoms with E-state index in [2.05, 4.69) is 34.3 Å². The molecule has 0 bridgehead atoms. The molecular weight excluding hydrogens is 324 g/mol. The van der Waals surface area contributed by atoms with Crippen molar-refractivity contribution in [2.75, 3.05) is 26.4 Å². The lowest BCUT2D eigenvalue weighted by atomic mass is 10.0. The summed E-state index contributed by atoms with van der Waals surface area (Å²) in [5, 5.41) is 7.29. The zero-order chi connectivity index (χ0) is 17.2. The molecule has 7 heteroatoms. The molecule has 0 aliphatic carbocycles. The Morgan fingerprint density at radius 2 is 1.92 bits per heavy atom. The van der Waals surface area contributed by atoms with Crippen molar-refractivity contribution in [1.29, 1.82) is 0 Å². The normalized spacial score (nSPS) is 17.5. The number of aromatic amines is 1. The number of piperidine rings is 1. The molecule has 6 nitrogen and oxygen atoms in total. The van der Waals surface area contributed by atoms with Crippen LogP contribution in [0.1, 0.15) is 18.4 Å². The Hall–Kier alpha value is -1.70. The third-order valence-electron chi connectivity index (χ3n) is 4.72. The van der Waals surface area contributed by atoms with Gasteiger partial charge in [-0.3, -0.25) is 10.00 Å². The lowest BCUT2D eigenvalue weighted by Crippen LogP contribution is -2.44. The second-order valence-corrected chi connectivity index (χ2v) is 8.43. The molecule has 24 heavy (non-hydrogen) atoms. The number of aromatic nitrogens is 2. The van der Waals surface area contributed by atoms with E-state index >= 15 is 0 Å². The van der Waals surface area contributed by atoms with Crippen LogP contribution in [0.2, 0.25) is 0 Å². The van der Waals surface area contributed by atoms with Gasteiger partial charge in [0, 0.05) is 31.2 Å². The van der Waals surface area contributed by atoms with Gasteiger partial charge in [0.2, 0.25) is 10.0 Å². The van der Waals surface area contributed by atoms with E-state index in [-0.39, 0.29) is 0 Å². The number of sulfonamides is 1. The first-order valence-electron chi connectivity index (χ1n) is 8.18. The molecule has 0 saturated carbocycles. The second-order valence-electron chi connectivity index (χ2n) is 6.44. The molecule has 1 fully saturated rings. The fourth-order valence-corrected chi connectivity index (χ4v) is 4.17. The van der Waals surface area contributed by atoms with Crippen molar-refractivity contribution >= 4 is 10.0 Å². The monoisotopic (exact) mass is 348 g/mol. The molecule has 0 spiro atoms. The minimum atomic E-state index is -3.07. The highest BCUT2D eigenvalue weighted by Crippen LogP contribution is 2.24. The SMILES string of the molecule is CN(Cc1cn[nH]c1-c1ccccc1)C1CCN(S(C)(=O)=O)CC1. The van der Waals surface area contributed by atoms with Crippen LogP contribution in [0.3, 0.4) is 0 Å². The van der Waals surface area contributed by atoms with Gasteiger partial charge in [-0.15, -0.1) is 0 Å². The van der Waals surface area contributed by atoms with Crippen molar-refractivity contribution in [1.82, 2.24) is 19.4 Å². The molecule has 0 radical (unpaired) electrons. The van der Waals surface area contributed by atoms with Gasteiger partial charge in [0.1, 0.15) is 0 Å². The lowest BCUT2D eigenvalue weighted by molar-refractivity contribution is 0.163. The van der Waals surface area contributed by atoms with E-state index in [0.717, 1.165) is 36.2 Å². The topological polar surface area (TPSA) is 69.3 Å². The predicted octanol–water partition coefficient (Wildman–Crippen LogP) is 1.93. The molecule has 1 aliphatic rings. The Bertz CT molecular complexity index is 765. The van der Waals surface area contributed by atoms with Gasteiger partial charge in [-0.25, -0.2) is 12.7 Å². The quantitative estimate of drug-likeness (QED) is 0.896. The fourth-order valence-electron chi connectivity index (χ4n) is 3.30. The van der Waals surface area contributed by atoms with Crippen LogP contribution in [0.5, 0.6) is 0 Å². The summed E-state index contributed by atoms with van der Waals surface area (Å²) in [5.41, 5.74) is 3.34. The van der Waals surface area contributed by atoms with Gasteiger partial charge >= 0.3 is 0 Å². The first-order chi connectivity index (χ1) is 11.4. The highest BCUT2D eigenvalue weighted by molar-refractivity contribution is 7.88. The molecule has 1 saturated heterocycles. The number of benzene rings is 1. The summed E-state index contributed by atoms with van der Waals surface area (Å²) >= 11 is 0. The standard InChI is InChI=1S/C17H24N4O2S/c1-20(16-8-10-21(11-9-16)24(2,22)23)13-15-12-18-19-17(15)14-6-4-3-5-7-14/h3-7,12,16H,8-11,13H2,1-2H3,(H,18,19). The van der Waals surface area contributed by atoms with Gasteiger partial charge in [-0.05, 0) is 25.5 Å². The maximum absolute atomic E-state index is 11.6. The molecule has 1 aromatic heterocycles. The number of nitrogens with zero attached hydrogens (tertiary/aromatic N) is 3. The third kappa shape index (κ3) is 3.85. The summed E-state index contributed by atoms with van der Waals surface area (Å²) in [4.78, 5) is 2.30. The minimum absolute atomic E-state index is 0.390. The van der Waals surface area contributed by atoms with Gasteiger partial charge in [0.05, 0.1) is 18.1 Å². The van der Waals surface area contributed by atoms with Gasteiger partial charge in [-0.2, -0.15) is 5.10 Å². The number of hydrogen-bond acceptors (Lipinski definition) is 4. The molecule has 3 rings (SSSR count). The Morgan fingerprint density at radius 1 is 1.25 bits per heavy atom. The molecular formula is C17H24N4O2S. The molecule has 2 aromatic rings. The highest BCUT2D eigenvalue weighted by Gasteiger charge is 2.27. The van der Waals surface area contributed by atoms with E-state index < -0.39 is 10.0 Å². The number of nitrogens with one attached hydrogen (secondary N) is 1. The fraction of sp³-hybridized carbons (Fsp3) is 0.471. The van der Waals surface area contributed by atoms with E-state index in [4.69, 9.17) is 0 Å². The first kappa shape index (κ1) is 17.1. The summed E-state index contributed by atoms with van der Waals surface area (Å²) in [6.07, 6.45) is 4.89. The molecule has 2 heterocycles. The summed E-state index contributed by atoms with van der Waals surface area (Å²) in [5.74, 6) is 0. The summed E-state index contributed by atoms with van der Waals surface area (Å²) < 4.78 is 24.8. The number of rotatable bonds is 5. The largest absolute Gasteiger partial charge is 0.299 e. The van der Waals surface area contributed by atoms with Crippen molar-refractivity contribution in [2.24, 2.45) is 0 Å². The molecule has 1 aliphatic heterocycles. The number of H-pyrrole nitrogens is 1. The van der Waals surface area contributed by atoms with Crippen LogP contribution in [0.4, 0.5) is 0 Å². The molecule has 0 unspecified atom stereocenters. The predicted molar refractivity (Wildman–Crippen MR) is 94.9 cm³/mol. The molecule has 1 aromatic carbocycles. The Kier molecular flexibility index (Phi) is 5.03. The molecule has 130 valence electrons. The van der Waals surface area contributed by atoms with E-state index in [1.165, 1.54) is 6.26 Å². The number of hydrogen-bond donors (Lipinski definition) is 1. The van der Waals surface area contributed by atoms with Crippen LogP contribution >= 0.6 is 0 Å². The van der Waals surface area contributed by atoms with Gasteiger partial charge in [0.15, 0.2) is 0 Å². The molecule has 1 N–H and O–H groups in total. The summed E-state index contributed by atoms with van der Waals surface area (Å²) in [6.45, 7) is 2.00. The van der Waals surface area contributed by atoms with Crippen LogP contribution in [-0.2, 0) is 16.6 Å². The zero-order valence-electron chi connectivity index (χ0n) is 14.1. The average molecular weight is 348 g/mol. The summed E-state index contributed by atoms with van der Waals surface area (Å²) in [7, 11) is -0.968. The van der Waals surface area contributed by atoms with Crippen LogP contribution in [0.25, 0.3) is 11.3 Å². The smallest absolute Gasteiger partial charge is 0.211 e. The van der Waals surface area contributed by atoms with Crippen LogP contribution in [-0.4, -0.2) is 60.3 Å². The van der Waals surface area contributed by atoms with Gasteiger partial charge in [-0.1, -0.05) is 30.3 Å². The Morgan fingerprint density at radius 3 is 2.54 bits per heavy atom. The van der Waals surface area contributed by atoms with E-state index in [9.17, 15) is 8.42 Å². The third-order valence-corrected chi connectivity index (χ3v) is 6.02. The summed E-state index contributed by atoms with van der Waals surface area (Å²) in [6, 6.07) is 10.6. The maximum atomic E-state index is 11.6. The van der Waals surface area contributed by atoms with Crippen molar-refractivity contribution in [3.8, 4) is 11.3 Å². The van der Waals surface area contributed by atoms with Crippen molar-refractivity contribution in [3.63, 3.8) is 0 Å². The maximum Gasteiger partial charge on any atom is 0.211 e. The Balaban J connectivity index is 1.65. The van der Waals surface area contributed by atoms with E-state index in [1.807, 2.05) is 24.4 Å². The lowest BCUT2D eigenvalue weighted by Gasteiger charge is -2.35.